The summed E-state index contributed by atoms with van der Waals surface area (Å²) in [7, 11) is 0. The van der Waals surface area contributed by atoms with Crippen LogP contribution >= 0.6 is 0 Å². The van der Waals surface area contributed by atoms with Crippen LogP contribution in [-0.2, 0) is 18.4 Å². The molecule has 0 fully saturated rings. The average molecular weight is 314 g/mol. The number of hydrogen-bond acceptors (Lipinski definition) is 4. The van der Waals surface area contributed by atoms with E-state index in [-0.39, 0.29) is 23.7 Å². The number of carbonyl (C=O) groups is 1. The van der Waals surface area contributed by atoms with Crippen LogP contribution in [0.4, 0.5) is 0 Å². The van der Waals surface area contributed by atoms with Crippen LogP contribution in [0.15, 0.2) is 30.5 Å². The minimum absolute atomic E-state index is 0.110. The molecule has 0 aliphatic heterocycles. The standard InChI is InChI=1S/C17H22N4O2/c1-16(2,3)21-10-14(19-20-21)15(23)18-17(11-22)8-12-6-4-5-7-13(12)9-17/h4-7,10,22H,8-9,11H2,1-3H3,(H,18,23). The topological polar surface area (TPSA) is 80.0 Å². The van der Waals surface area contributed by atoms with Gasteiger partial charge in [0.25, 0.3) is 5.91 Å². The van der Waals surface area contributed by atoms with Crippen LogP contribution in [0.5, 0.6) is 0 Å². The maximum Gasteiger partial charge on any atom is 0.273 e. The van der Waals surface area contributed by atoms with Gasteiger partial charge in [-0.3, -0.25) is 4.79 Å². The highest BCUT2D eigenvalue weighted by Gasteiger charge is 2.38. The van der Waals surface area contributed by atoms with Crippen LogP contribution < -0.4 is 5.32 Å². The molecular formula is C17H22N4O2. The molecular weight excluding hydrogens is 292 g/mol. The monoisotopic (exact) mass is 314 g/mol. The van der Waals surface area contributed by atoms with Crippen LogP contribution in [-0.4, -0.2) is 38.2 Å². The Labute approximate surface area is 135 Å². The van der Waals surface area contributed by atoms with Crippen molar-refractivity contribution in [1.82, 2.24) is 20.3 Å². The van der Waals surface area contributed by atoms with E-state index < -0.39 is 5.54 Å². The average Bonchev–Trinajstić information content (AvgIpc) is 3.11. The molecule has 0 unspecified atom stereocenters. The van der Waals surface area contributed by atoms with E-state index in [0.29, 0.717) is 12.8 Å². The predicted molar refractivity (Wildman–Crippen MR) is 86.2 cm³/mol. The quantitative estimate of drug-likeness (QED) is 0.895. The minimum Gasteiger partial charge on any atom is -0.394 e. The van der Waals surface area contributed by atoms with E-state index in [4.69, 9.17) is 0 Å². The third-order valence-corrected chi connectivity index (χ3v) is 4.27. The van der Waals surface area contributed by atoms with Gasteiger partial charge < -0.3 is 10.4 Å². The van der Waals surface area contributed by atoms with Crippen molar-refractivity contribution in [3.05, 3.63) is 47.3 Å². The first-order chi connectivity index (χ1) is 10.8. The highest BCUT2D eigenvalue weighted by atomic mass is 16.3. The lowest BCUT2D eigenvalue weighted by atomic mass is 9.96. The highest BCUT2D eigenvalue weighted by molar-refractivity contribution is 5.92. The van der Waals surface area contributed by atoms with Gasteiger partial charge in [0.1, 0.15) is 0 Å². The van der Waals surface area contributed by atoms with Crippen LogP contribution in [0.25, 0.3) is 0 Å². The van der Waals surface area contributed by atoms with Gasteiger partial charge in [-0.2, -0.15) is 0 Å². The number of nitrogens with zero attached hydrogens (tertiary/aromatic N) is 3. The SMILES string of the molecule is CC(C)(C)n1cc(C(=O)NC2(CO)Cc3ccccc3C2)nn1. The molecule has 3 rings (SSSR count). The number of aliphatic hydroxyl groups is 1. The summed E-state index contributed by atoms with van der Waals surface area (Å²) in [4.78, 5) is 12.5. The van der Waals surface area contributed by atoms with Gasteiger partial charge in [-0.15, -0.1) is 5.10 Å². The van der Waals surface area contributed by atoms with Crippen molar-refractivity contribution in [3.8, 4) is 0 Å². The molecule has 0 radical (unpaired) electrons. The van der Waals surface area contributed by atoms with Crippen LogP contribution in [0, 0.1) is 0 Å². The summed E-state index contributed by atoms with van der Waals surface area (Å²) in [5.74, 6) is -0.303. The number of rotatable bonds is 3. The van der Waals surface area contributed by atoms with Gasteiger partial charge in [0.15, 0.2) is 5.69 Å². The Balaban J connectivity index is 1.78. The molecule has 1 amide bonds. The zero-order chi connectivity index (χ0) is 16.7. The van der Waals surface area contributed by atoms with Crippen molar-refractivity contribution in [1.29, 1.82) is 0 Å². The van der Waals surface area contributed by atoms with Crippen molar-refractivity contribution >= 4 is 5.91 Å². The number of aliphatic hydroxyl groups excluding tert-OH is 1. The van der Waals surface area contributed by atoms with Crippen LogP contribution in [0.3, 0.4) is 0 Å². The van der Waals surface area contributed by atoms with Gasteiger partial charge in [-0.1, -0.05) is 29.5 Å². The Kier molecular flexibility index (Phi) is 3.72. The zero-order valence-electron chi connectivity index (χ0n) is 13.7. The highest BCUT2D eigenvalue weighted by Crippen LogP contribution is 2.30. The summed E-state index contributed by atoms with van der Waals surface area (Å²) in [5.41, 5.74) is 1.71. The molecule has 1 aliphatic carbocycles. The molecule has 0 spiro atoms. The van der Waals surface area contributed by atoms with Gasteiger partial charge in [-0.25, -0.2) is 4.68 Å². The molecule has 1 aromatic heterocycles. The van der Waals surface area contributed by atoms with Crippen molar-refractivity contribution in [2.24, 2.45) is 0 Å². The first-order valence-corrected chi connectivity index (χ1v) is 7.76. The number of amides is 1. The van der Waals surface area contributed by atoms with Crippen molar-refractivity contribution in [2.45, 2.75) is 44.7 Å². The van der Waals surface area contributed by atoms with Gasteiger partial charge in [0.05, 0.1) is 23.9 Å². The second kappa shape index (κ2) is 5.45. The summed E-state index contributed by atoms with van der Waals surface area (Å²) >= 11 is 0. The van der Waals surface area contributed by atoms with E-state index in [2.05, 4.69) is 15.6 Å². The van der Waals surface area contributed by atoms with E-state index >= 15 is 0 Å². The fourth-order valence-electron chi connectivity index (χ4n) is 2.93. The molecule has 0 saturated heterocycles. The summed E-state index contributed by atoms with van der Waals surface area (Å²) in [6.45, 7) is 5.87. The Morgan fingerprint density at radius 1 is 1.30 bits per heavy atom. The molecule has 1 aliphatic rings. The third-order valence-electron chi connectivity index (χ3n) is 4.27. The fraction of sp³-hybridized carbons (Fsp3) is 0.471. The second-order valence-electron chi connectivity index (χ2n) is 7.23. The molecule has 2 aromatic rings. The molecule has 0 saturated carbocycles. The van der Waals surface area contributed by atoms with E-state index in [9.17, 15) is 9.90 Å². The van der Waals surface area contributed by atoms with Crippen LogP contribution in [0.1, 0.15) is 42.4 Å². The maximum absolute atomic E-state index is 12.5. The fourth-order valence-corrected chi connectivity index (χ4v) is 2.93. The number of fused-ring (bicyclic) bond motifs is 1. The van der Waals surface area contributed by atoms with E-state index in [1.54, 1.807) is 10.9 Å². The Hall–Kier alpha value is -2.21. The zero-order valence-corrected chi connectivity index (χ0v) is 13.7. The number of hydrogen-bond donors (Lipinski definition) is 2. The van der Waals surface area contributed by atoms with Crippen molar-refractivity contribution in [2.75, 3.05) is 6.61 Å². The number of aromatic nitrogens is 3. The molecule has 2 N–H and O–H groups in total. The van der Waals surface area contributed by atoms with Gasteiger partial charge >= 0.3 is 0 Å². The first kappa shape index (κ1) is 15.7. The molecule has 23 heavy (non-hydrogen) atoms. The smallest absolute Gasteiger partial charge is 0.273 e. The second-order valence-corrected chi connectivity index (χ2v) is 7.23. The predicted octanol–water partition coefficient (Wildman–Crippen LogP) is 1.29. The summed E-state index contributed by atoms with van der Waals surface area (Å²) in [6, 6.07) is 8.02. The van der Waals surface area contributed by atoms with Gasteiger partial charge in [-0.05, 0) is 44.7 Å². The van der Waals surface area contributed by atoms with E-state index in [0.717, 1.165) is 0 Å². The lowest BCUT2D eigenvalue weighted by Gasteiger charge is -2.27. The molecule has 0 bridgehead atoms. The largest absolute Gasteiger partial charge is 0.394 e. The summed E-state index contributed by atoms with van der Waals surface area (Å²) in [5, 5.41) is 20.8. The van der Waals surface area contributed by atoms with Crippen molar-refractivity contribution < 1.29 is 9.90 Å². The maximum atomic E-state index is 12.5. The Bertz CT molecular complexity index is 705. The Morgan fingerprint density at radius 3 is 2.39 bits per heavy atom. The molecule has 6 heteroatoms. The van der Waals surface area contributed by atoms with E-state index in [1.807, 2.05) is 45.0 Å². The van der Waals surface area contributed by atoms with Crippen molar-refractivity contribution in [3.63, 3.8) is 0 Å². The molecule has 6 nitrogen and oxygen atoms in total. The van der Waals surface area contributed by atoms with Gasteiger partial charge in [0, 0.05) is 0 Å². The summed E-state index contributed by atoms with van der Waals surface area (Å²) < 4.78 is 1.66. The molecule has 1 heterocycles. The number of carbonyl (C=O) groups excluding carboxylic acids is 1. The third kappa shape index (κ3) is 2.99. The van der Waals surface area contributed by atoms with Crippen LogP contribution in [0.2, 0.25) is 0 Å². The van der Waals surface area contributed by atoms with E-state index in [1.165, 1.54) is 11.1 Å². The lowest BCUT2D eigenvalue weighted by Crippen LogP contribution is -2.52. The minimum atomic E-state index is -0.660. The molecule has 0 atom stereocenters. The Morgan fingerprint density at radius 2 is 1.91 bits per heavy atom. The first-order valence-electron chi connectivity index (χ1n) is 7.76. The van der Waals surface area contributed by atoms with Gasteiger partial charge in [0.2, 0.25) is 0 Å². The number of benzene rings is 1. The number of nitrogens with one attached hydrogen (secondary N) is 1. The molecule has 1 aromatic carbocycles. The molecule has 122 valence electrons. The lowest BCUT2D eigenvalue weighted by molar-refractivity contribution is 0.0837. The normalized spacial score (nSPS) is 16.2. The summed E-state index contributed by atoms with van der Waals surface area (Å²) in [6.07, 6.45) is 2.89.